The van der Waals surface area contributed by atoms with E-state index in [9.17, 15) is 9.59 Å². The fourth-order valence-corrected chi connectivity index (χ4v) is 1.73. The summed E-state index contributed by atoms with van der Waals surface area (Å²) in [5.41, 5.74) is 1.50. The highest BCUT2D eigenvalue weighted by Crippen LogP contribution is 2.28. The number of hydrogen-bond acceptors (Lipinski definition) is 4. The largest absolute Gasteiger partial charge is 0.493 e. The van der Waals surface area contributed by atoms with Crippen LogP contribution in [0.3, 0.4) is 0 Å². The van der Waals surface area contributed by atoms with Crippen LogP contribution >= 0.6 is 0 Å². The summed E-state index contributed by atoms with van der Waals surface area (Å²) in [6, 6.07) is 11.0. The minimum absolute atomic E-state index is 0.0574. The molecule has 0 radical (unpaired) electrons. The van der Waals surface area contributed by atoms with Crippen LogP contribution in [0.1, 0.15) is 26.3 Å². The SMILES string of the molecule is COc1cc(C(=O)O)ccc1OC(=O)c1ccc(C)cc1. The molecule has 0 saturated heterocycles. The number of aryl methyl sites for hydroxylation is 1. The lowest BCUT2D eigenvalue weighted by atomic mass is 10.1. The highest BCUT2D eigenvalue weighted by molar-refractivity contribution is 5.92. The summed E-state index contributed by atoms with van der Waals surface area (Å²) in [6.45, 7) is 1.92. The molecule has 0 spiro atoms. The number of aromatic carboxylic acids is 1. The van der Waals surface area contributed by atoms with Crippen LogP contribution in [0.15, 0.2) is 42.5 Å². The lowest BCUT2D eigenvalue weighted by Gasteiger charge is -2.10. The van der Waals surface area contributed by atoms with Crippen molar-refractivity contribution in [3.8, 4) is 11.5 Å². The number of rotatable bonds is 4. The summed E-state index contributed by atoms with van der Waals surface area (Å²) in [4.78, 5) is 22.9. The Morgan fingerprint density at radius 2 is 1.57 bits per heavy atom. The minimum atomic E-state index is -1.08. The molecule has 0 bridgehead atoms. The van der Waals surface area contributed by atoms with Crippen LogP contribution in [0.4, 0.5) is 0 Å². The Morgan fingerprint density at radius 1 is 0.952 bits per heavy atom. The van der Waals surface area contributed by atoms with Gasteiger partial charge in [0.1, 0.15) is 0 Å². The number of carbonyl (C=O) groups is 2. The van der Waals surface area contributed by atoms with Gasteiger partial charge < -0.3 is 14.6 Å². The van der Waals surface area contributed by atoms with Crippen LogP contribution in [-0.2, 0) is 0 Å². The fourth-order valence-electron chi connectivity index (χ4n) is 1.73. The smallest absolute Gasteiger partial charge is 0.343 e. The second-order valence-corrected chi connectivity index (χ2v) is 4.43. The molecular weight excluding hydrogens is 272 g/mol. The standard InChI is InChI=1S/C16H14O5/c1-10-3-5-11(6-4-10)16(19)21-13-8-7-12(15(17)18)9-14(13)20-2/h3-9H,1-2H3,(H,17,18). The molecular formula is C16H14O5. The monoisotopic (exact) mass is 286 g/mol. The van der Waals surface area contributed by atoms with Gasteiger partial charge in [-0.25, -0.2) is 9.59 Å². The van der Waals surface area contributed by atoms with Crippen LogP contribution < -0.4 is 9.47 Å². The molecule has 0 heterocycles. The van der Waals surface area contributed by atoms with Crippen molar-refractivity contribution >= 4 is 11.9 Å². The number of carboxylic acids is 1. The molecule has 108 valence electrons. The molecule has 0 atom stereocenters. The van der Waals surface area contributed by atoms with Crippen LogP contribution in [0.2, 0.25) is 0 Å². The first-order chi connectivity index (χ1) is 10.0. The molecule has 2 aromatic carbocycles. The molecule has 5 heteroatoms. The Hall–Kier alpha value is -2.82. The highest BCUT2D eigenvalue weighted by Gasteiger charge is 2.14. The quantitative estimate of drug-likeness (QED) is 0.691. The van der Waals surface area contributed by atoms with Crippen LogP contribution in [0.25, 0.3) is 0 Å². The molecule has 2 aromatic rings. The first kappa shape index (κ1) is 14.6. The molecule has 0 aliphatic rings. The lowest BCUT2D eigenvalue weighted by Crippen LogP contribution is -2.09. The Labute approximate surface area is 121 Å². The van der Waals surface area contributed by atoms with E-state index in [1.54, 1.807) is 24.3 Å². The number of carboxylic acid groups (broad SMARTS) is 1. The van der Waals surface area contributed by atoms with Gasteiger partial charge in [-0.05, 0) is 37.3 Å². The average Bonchev–Trinajstić information content (AvgIpc) is 2.48. The Bertz CT molecular complexity index is 674. The summed E-state index contributed by atoms with van der Waals surface area (Å²) >= 11 is 0. The molecule has 0 aliphatic carbocycles. The van der Waals surface area contributed by atoms with E-state index in [4.69, 9.17) is 14.6 Å². The molecule has 0 aliphatic heterocycles. The van der Waals surface area contributed by atoms with E-state index in [1.165, 1.54) is 25.3 Å². The number of benzene rings is 2. The van der Waals surface area contributed by atoms with Crippen molar-refractivity contribution in [2.24, 2.45) is 0 Å². The van der Waals surface area contributed by atoms with E-state index in [1.807, 2.05) is 6.92 Å². The van der Waals surface area contributed by atoms with E-state index in [0.29, 0.717) is 5.56 Å². The number of esters is 1. The van der Waals surface area contributed by atoms with Gasteiger partial charge in [-0.2, -0.15) is 0 Å². The van der Waals surface area contributed by atoms with Crippen molar-refractivity contribution in [2.45, 2.75) is 6.92 Å². The van der Waals surface area contributed by atoms with Crippen LogP contribution in [0.5, 0.6) is 11.5 Å². The maximum absolute atomic E-state index is 12.0. The van der Waals surface area contributed by atoms with Gasteiger partial charge in [-0.1, -0.05) is 17.7 Å². The Balaban J connectivity index is 2.24. The van der Waals surface area contributed by atoms with Gasteiger partial charge in [-0.15, -0.1) is 0 Å². The van der Waals surface area contributed by atoms with E-state index >= 15 is 0 Å². The molecule has 1 N–H and O–H groups in total. The first-order valence-electron chi connectivity index (χ1n) is 6.21. The summed E-state index contributed by atoms with van der Waals surface area (Å²) in [5.74, 6) is -1.25. The van der Waals surface area contributed by atoms with Gasteiger partial charge in [0.25, 0.3) is 0 Å². The van der Waals surface area contributed by atoms with Gasteiger partial charge >= 0.3 is 11.9 Å². The summed E-state index contributed by atoms with van der Waals surface area (Å²) in [7, 11) is 1.38. The average molecular weight is 286 g/mol. The predicted molar refractivity (Wildman–Crippen MR) is 76.1 cm³/mol. The summed E-state index contributed by atoms with van der Waals surface area (Å²) < 4.78 is 10.3. The second kappa shape index (κ2) is 6.09. The zero-order chi connectivity index (χ0) is 15.4. The van der Waals surface area contributed by atoms with Crippen molar-refractivity contribution in [1.82, 2.24) is 0 Å². The number of methoxy groups -OCH3 is 1. The fraction of sp³-hybridized carbons (Fsp3) is 0.125. The van der Waals surface area contributed by atoms with E-state index in [0.717, 1.165) is 5.56 Å². The van der Waals surface area contributed by atoms with Gasteiger partial charge in [-0.3, -0.25) is 0 Å². The normalized spacial score (nSPS) is 10.0. The molecule has 0 saturated carbocycles. The van der Waals surface area contributed by atoms with Gasteiger partial charge in [0.2, 0.25) is 0 Å². The molecule has 0 amide bonds. The predicted octanol–water partition coefficient (Wildman–Crippen LogP) is 2.92. The third-order valence-corrected chi connectivity index (χ3v) is 2.90. The molecule has 0 fully saturated rings. The third kappa shape index (κ3) is 3.39. The Morgan fingerprint density at radius 3 is 2.14 bits per heavy atom. The molecule has 0 aromatic heterocycles. The topological polar surface area (TPSA) is 72.8 Å². The van der Waals surface area contributed by atoms with Gasteiger partial charge in [0, 0.05) is 0 Å². The maximum Gasteiger partial charge on any atom is 0.343 e. The molecule has 21 heavy (non-hydrogen) atoms. The summed E-state index contributed by atoms with van der Waals surface area (Å²) in [6.07, 6.45) is 0. The van der Waals surface area contributed by atoms with E-state index < -0.39 is 11.9 Å². The minimum Gasteiger partial charge on any atom is -0.493 e. The van der Waals surface area contributed by atoms with Crippen molar-refractivity contribution in [2.75, 3.05) is 7.11 Å². The van der Waals surface area contributed by atoms with Gasteiger partial charge in [0.05, 0.1) is 18.2 Å². The number of ether oxygens (including phenoxy) is 2. The third-order valence-electron chi connectivity index (χ3n) is 2.90. The molecule has 5 nitrogen and oxygen atoms in total. The van der Waals surface area contributed by atoms with E-state index in [-0.39, 0.29) is 17.1 Å². The number of carbonyl (C=O) groups excluding carboxylic acids is 1. The van der Waals surface area contributed by atoms with Gasteiger partial charge in [0.15, 0.2) is 11.5 Å². The Kier molecular flexibility index (Phi) is 4.23. The molecule has 2 rings (SSSR count). The zero-order valence-corrected chi connectivity index (χ0v) is 11.6. The van der Waals surface area contributed by atoms with Crippen LogP contribution in [0, 0.1) is 6.92 Å². The summed E-state index contributed by atoms with van der Waals surface area (Å²) in [5, 5.41) is 8.92. The van der Waals surface area contributed by atoms with Crippen molar-refractivity contribution < 1.29 is 24.2 Å². The molecule has 0 unspecified atom stereocenters. The van der Waals surface area contributed by atoms with Crippen molar-refractivity contribution in [1.29, 1.82) is 0 Å². The van der Waals surface area contributed by atoms with Crippen molar-refractivity contribution in [3.05, 3.63) is 59.2 Å². The van der Waals surface area contributed by atoms with E-state index in [2.05, 4.69) is 0 Å². The second-order valence-electron chi connectivity index (χ2n) is 4.43. The maximum atomic E-state index is 12.0. The van der Waals surface area contributed by atoms with Crippen molar-refractivity contribution in [3.63, 3.8) is 0 Å². The first-order valence-corrected chi connectivity index (χ1v) is 6.21. The zero-order valence-electron chi connectivity index (χ0n) is 11.6. The van der Waals surface area contributed by atoms with Crippen LogP contribution in [-0.4, -0.2) is 24.2 Å². The highest BCUT2D eigenvalue weighted by atomic mass is 16.6. The lowest BCUT2D eigenvalue weighted by molar-refractivity contribution is 0.0696. The number of hydrogen-bond donors (Lipinski definition) is 1.